The number of ether oxygens (including phenoxy) is 2. The van der Waals surface area contributed by atoms with Gasteiger partial charge in [-0.05, 0) is 36.4 Å². The van der Waals surface area contributed by atoms with Gasteiger partial charge < -0.3 is 15.2 Å². The molecule has 0 bridgehead atoms. The number of carbonyl (C=O) groups excluding carboxylic acids is 1. The van der Waals surface area contributed by atoms with Gasteiger partial charge in [0.15, 0.2) is 0 Å². The molecule has 6 heteroatoms. The minimum Gasteiger partial charge on any atom is -0.497 e. The predicted octanol–water partition coefficient (Wildman–Crippen LogP) is 3.54. The van der Waals surface area contributed by atoms with Crippen LogP contribution in [0.1, 0.15) is 15.9 Å². The fourth-order valence-corrected chi connectivity index (χ4v) is 2.11. The molecular weight excluding hydrogens is 341 g/mol. The second-order valence-electron chi connectivity index (χ2n) is 4.31. The third-order valence-corrected chi connectivity index (χ3v) is 3.54. The minimum absolute atomic E-state index is 0.0348. The fraction of sp³-hybridized carbons (Fsp3) is 0.133. The maximum Gasteiger partial charge on any atom is 0.338 e. The number of nitrogen functional groups attached to an aromatic ring is 1. The highest BCUT2D eigenvalue weighted by Crippen LogP contribution is 2.23. The van der Waals surface area contributed by atoms with Crippen LogP contribution < -0.4 is 10.5 Å². The topological polar surface area (TPSA) is 61.5 Å². The van der Waals surface area contributed by atoms with Crippen LogP contribution in [-0.4, -0.2) is 13.1 Å². The Labute approximate surface area is 129 Å². The number of hydrogen-bond acceptors (Lipinski definition) is 4. The lowest BCUT2D eigenvalue weighted by atomic mass is 10.2. The Hall–Kier alpha value is -2.08. The molecule has 0 aliphatic rings. The van der Waals surface area contributed by atoms with E-state index in [2.05, 4.69) is 15.9 Å². The van der Waals surface area contributed by atoms with Crippen molar-refractivity contribution < 1.29 is 18.7 Å². The summed E-state index contributed by atoms with van der Waals surface area (Å²) in [6.07, 6.45) is 0. The first-order valence-electron chi connectivity index (χ1n) is 6.05. The van der Waals surface area contributed by atoms with Crippen molar-refractivity contribution in [2.75, 3.05) is 12.8 Å². The van der Waals surface area contributed by atoms with Crippen LogP contribution in [0.4, 0.5) is 10.1 Å². The van der Waals surface area contributed by atoms with Crippen molar-refractivity contribution in [1.29, 1.82) is 0 Å². The second kappa shape index (κ2) is 6.58. The molecule has 0 aromatic heterocycles. The average Bonchev–Trinajstić information content (AvgIpc) is 2.45. The van der Waals surface area contributed by atoms with Gasteiger partial charge in [-0.25, -0.2) is 9.18 Å². The third kappa shape index (κ3) is 3.95. The van der Waals surface area contributed by atoms with E-state index in [1.54, 1.807) is 25.3 Å². The number of hydrogen-bond donors (Lipinski definition) is 1. The Kier molecular flexibility index (Phi) is 4.80. The van der Waals surface area contributed by atoms with Crippen LogP contribution in [0.5, 0.6) is 5.75 Å². The van der Waals surface area contributed by atoms with Crippen LogP contribution in [0.15, 0.2) is 40.9 Å². The highest BCUT2D eigenvalue weighted by Gasteiger charge is 2.11. The van der Waals surface area contributed by atoms with E-state index < -0.39 is 11.8 Å². The van der Waals surface area contributed by atoms with E-state index in [0.29, 0.717) is 5.75 Å². The van der Waals surface area contributed by atoms with E-state index in [4.69, 9.17) is 15.2 Å². The normalized spacial score (nSPS) is 10.2. The summed E-state index contributed by atoms with van der Waals surface area (Å²) in [5, 5.41) is 0. The van der Waals surface area contributed by atoms with Crippen molar-refractivity contribution in [3.05, 3.63) is 57.8 Å². The van der Waals surface area contributed by atoms with Gasteiger partial charge in [-0.3, -0.25) is 0 Å². The summed E-state index contributed by atoms with van der Waals surface area (Å²) in [5.41, 5.74) is 6.48. The van der Waals surface area contributed by atoms with Crippen LogP contribution in [0.2, 0.25) is 0 Å². The summed E-state index contributed by atoms with van der Waals surface area (Å²) in [6.45, 7) is 0.0348. The highest BCUT2D eigenvalue weighted by molar-refractivity contribution is 9.10. The number of rotatable bonds is 4. The predicted molar refractivity (Wildman–Crippen MR) is 80.6 cm³/mol. The van der Waals surface area contributed by atoms with Gasteiger partial charge in [-0.15, -0.1) is 0 Å². The van der Waals surface area contributed by atoms with Gasteiger partial charge in [0, 0.05) is 15.7 Å². The zero-order valence-electron chi connectivity index (χ0n) is 11.2. The maximum absolute atomic E-state index is 13.2. The lowest BCUT2D eigenvalue weighted by molar-refractivity contribution is 0.0471. The standard InChI is InChI=1S/C15H13BrFNO3/c1-20-13-2-3-14(16)10(6-13)8-21-15(19)9-4-11(17)7-12(18)5-9/h2-7H,8,18H2,1H3. The summed E-state index contributed by atoms with van der Waals surface area (Å²) in [4.78, 5) is 11.9. The van der Waals surface area contributed by atoms with E-state index in [1.165, 1.54) is 6.07 Å². The van der Waals surface area contributed by atoms with Crippen molar-refractivity contribution in [2.24, 2.45) is 0 Å². The van der Waals surface area contributed by atoms with E-state index >= 15 is 0 Å². The molecule has 0 saturated heterocycles. The van der Waals surface area contributed by atoms with Crippen LogP contribution >= 0.6 is 15.9 Å². The van der Waals surface area contributed by atoms with Crippen LogP contribution in [0.25, 0.3) is 0 Å². The molecule has 0 amide bonds. The van der Waals surface area contributed by atoms with Crippen LogP contribution in [0.3, 0.4) is 0 Å². The van der Waals surface area contributed by atoms with Crippen LogP contribution in [-0.2, 0) is 11.3 Å². The lowest BCUT2D eigenvalue weighted by Gasteiger charge is -2.09. The molecule has 0 fully saturated rings. The Morgan fingerprint density at radius 1 is 1.29 bits per heavy atom. The van der Waals surface area contributed by atoms with E-state index in [1.807, 2.05) is 0 Å². The second-order valence-corrected chi connectivity index (χ2v) is 5.16. The molecule has 0 saturated carbocycles. The third-order valence-electron chi connectivity index (χ3n) is 2.77. The monoisotopic (exact) mass is 353 g/mol. The van der Waals surface area contributed by atoms with Gasteiger partial charge in [0.25, 0.3) is 0 Å². The maximum atomic E-state index is 13.2. The van der Waals surface area contributed by atoms with Crippen LogP contribution in [0, 0.1) is 5.82 Å². The Morgan fingerprint density at radius 3 is 2.71 bits per heavy atom. The zero-order chi connectivity index (χ0) is 15.4. The first-order chi connectivity index (χ1) is 9.99. The molecule has 0 unspecified atom stereocenters. The number of methoxy groups -OCH3 is 1. The van der Waals surface area contributed by atoms with Crippen molar-refractivity contribution in [3.8, 4) is 5.75 Å². The summed E-state index contributed by atoms with van der Waals surface area (Å²) in [7, 11) is 1.55. The summed E-state index contributed by atoms with van der Waals surface area (Å²) < 4.78 is 24.3. The van der Waals surface area contributed by atoms with E-state index in [0.717, 1.165) is 22.2 Å². The van der Waals surface area contributed by atoms with Gasteiger partial charge in [0.1, 0.15) is 18.2 Å². The number of benzene rings is 2. The zero-order valence-corrected chi connectivity index (χ0v) is 12.8. The minimum atomic E-state index is -0.643. The first-order valence-corrected chi connectivity index (χ1v) is 6.84. The van der Waals surface area contributed by atoms with Gasteiger partial charge >= 0.3 is 5.97 Å². The summed E-state index contributed by atoms with van der Waals surface area (Å²) >= 11 is 3.36. The first kappa shape index (κ1) is 15.3. The van der Waals surface area contributed by atoms with E-state index in [-0.39, 0.29) is 17.9 Å². The molecule has 2 aromatic rings. The molecule has 0 spiro atoms. The number of halogens is 2. The van der Waals surface area contributed by atoms with Crippen molar-refractivity contribution in [1.82, 2.24) is 0 Å². The Morgan fingerprint density at radius 2 is 2.05 bits per heavy atom. The molecule has 0 atom stereocenters. The average molecular weight is 354 g/mol. The molecule has 0 aliphatic carbocycles. The molecule has 110 valence electrons. The van der Waals surface area contributed by atoms with Crippen molar-refractivity contribution in [3.63, 3.8) is 0 Å². The lowest BCUT2D eigenvalue weighted by Crippen LogP contribution is -2.07. The fourth-order valence-electron chi connectivity index (χ4n) is 1.75. The van der Waals surface area contributed by atoms with Crippen molar-refractivity contribution in [2.45, 2.75) is 6.61 Å². The van der Waals surface area contributed by atoms with E-state index in [9.17, 15) is 9.18 Å². The molecular formula is C15H13BrFNO3. The molecule has 0 aliphatic heterocycles. The van der Waals surface area contributed by atoms with Crippen molar-refractivity contribution >= 4 is 27.6 Å². The molecule has 0 heterocycles. The number of esters is 1. The number of nitrogens with two attached hydrogens (primary N) is 1. The molecule has 2 rings (SSSR count). The summed E-state index contributed by atoms with van der Waals surface area (Å²) in [6, 6.07) is 8.91. The quantitative estimate of drug-likeness (QED) is 0.674. The molecule has 21 heavy (non-hydrogen) atoms. The Bertz CT molecular complexity index is 656. The number of carbonyl (C=O) groups is 1. The highest BCUT2D eigenvalue weighted by atomic mass is 79.9. The summed E-state index contributed by atoms with van der Waals surface area (Å²) in [5.74, 6) is -0.570. The number of anilines is 1. The van der Waals surface area contributed by atoms with Gasteiger partial charge in [0.05, 0.1) is 12.7 Å². The molecule has 4 nitrogen and oxygen atoms in total. The SMILES string of the molecule is COc1ccc(Br)c(COC(=O)c2cc(N)cc(F)c2)c1. The van der Waals surface area contributed by atoms with Gasteiger partial charge in [0.2, 0.25) is 0 Å². The largest absolute Gasteiger partial charge is 0.497 e. The Balaban J connectivity index is 2.10. The molecule has 0 radical (unpaired) electrons. The molecule has 2 aromatic carbocycles. The van der Waals surface area contributed by atoms with Gasteiger partial charge in [-0.1, -0.05) is 15.9 Å². The molecule has 2 N–H and O–H groups in total. The van der Waals surface area contributed by atoms with Gasteiger partial charge in [-0.2, -0.15) is 0 Å². The smallest absolute Gasteiger partial charge is 0.338 e.